The van der Waals surface area contributed by atoms with Gasteiger partial charge in [-0.15, -0.1) is 0 Å². The van der Waals surface area contributed by atoms with E-state index < -0.39 is 28.3 Å². The van der Waals surface area contributed by atoms with Gasteiger partial charge in [-0.3, -0.25) is 9.10 Å². The average molecular weight is 459 g/mol. The van der Waals surface area contributed by atoms with Crippen LogP contribution in [0, 0.1) is 5.82 Å². The fourth-order valence-electron chi connectivity index (χ4n) is 3.04. The first-order valence-electron chi connectivity index (χ1n) is 9.79. The maximum absolute atomic E-state index is 13.4. The van der Waals surface area contributed by atoms with Crippen LogP contribution in [0.4, 0.5) is 15.8 Å². The second-order valence-electron chi connectivity index (χ2n) is 6.61. The molecule has 0 atom stereocenters. The van der Waals surface area contributed by atoms with Gasteiger partial charge in [0.05, 0.1) is 30.0 Å². The molecule has 0 heterocycles. The number of nitrogens with zero attached hydrogens (tertiary/aromatic N) is 1. The predicted molar refractivity (Wildman–Crippen MR) is 120 cm³/mol. The molecule has 0 saturated heterocycles. The number of amides is 1. The summed E-state index contributed by atoms with van der Waals surface area (Å²) in [6, 6.07) is 17.7. The summed E-state index contributed by atoms with van der Waals surface area (Å²) in [5, 5.41) is 2.69. The van der Waals surface area contributed by atoms with Gasteiger partial charge in [-0.05, 0) is 55.5 Å². The largest absolute Gasteiger partial charge is 0.495 e. The highest BCUT2D eigenvalue weighted by Crippen LogP contribution is 2.32. The Morgan fingerprint density at radius 1 is 0.969 bits per heavy atom. The smallest absolute Gasteiger partial charge is 0.264 e. The Kier molecular flexibility index (Phi) is 7.32. The molecule has 7 nitrogen and oxygen atoms in total. The van der Waals surface area contributed by atoms with Gasteiger partial charge < -0.3 is 14.8 Å². The lowest BCUT2D eigenvalue weighted by Gasteiger charge is -2.25. The van der Waals surface area contributed by atoms with Crippen molar-refractivity contribution in [2.75, 3.05) is 29.9 Å². The molecule has 3 aromatic rings. The van der Waals surface area contributed by atoms with Crippen molar-refractivity contribution in [2.24, 2.45) is 0 Å². The van der Waals surface area contributed by atoms with E-state index in [1.165, 1.54) is 13.2 Å². The van der Waals surface area contributed by atoms with Gasteiger partial charge in [0.2, 0.25) is 5.91 Å². The number of nitrogens with one attached hydrogen (secondary N) is 1. The Labute approximate surface area is 186 Å². The fraction of sp³-hybridized carbons (Fsp3) is 0.174. The molecule has 0 unspecified atom stereocenters. The Hall–Kier alpha value is -3.59. The van der Waals surface area contributed by atoms with Crippen molar-refractivity contribution in [1.82, 2.24) is 0 Å². The van der Waals surface area contributed by atoms with Crippen LogP contribution in [0.25, 0.3) is 0 Å². The molecule has 1 N–H and O–H groups in total. The molecule has 0 aromatic heterocycles. The van der Waals surface area contributed by atoms with E-state index in [0.717, 1.165) is 28.6 Å². The van der Waals surface area contributed by atoms with Crippen molar-refractivity contribution in [3.05, 3.63) is 78.6 Å². The number of methoxy groups -OCH3 is 1. The van der Waals surface area contributed by atoms with E-state index in [-0.39, 0.29) is 16.3 Å². The molecule has 0 aliphatic carbocycles. The van der Waals surface area contributed by atoms with Gasteiger partial charge >= 0.3 is 0 Å². The van der Waals surface area contributed by atoms with Gasteiger partial charge in [0.25, 0.3) is 10.0 Å². The molecule has 9 heteroatoms. The van der Waals surface area contributed by atoms with Gasteiger partial charge in [-0.1, -0.05) is 24.3 Å². The molecule has 3 aromatic carbocycles. The Morgan fingerprint density at radius 3 is 2.25 bits per heavy atom. The quantitative estimate of drug-likeness (QED) is 0.523. The third-order valence-electron chi connectivity index (χ3n) is 4.50. The summed E-state index contributed by atoms with van der Waals surface area (Å²) in [5.74, 6) is -0.430. The Bertz CT molecular complexity index is 1180. The van der Waals surface area contributed by atoms with Crippen molar-refractivity contribution in [3.63, 3.8) is 0 Å². The van der Waals surface area contributed by atoms with Crippen molar-refractivity contribution < 1.29 is 27.1 Å². The summed E-state index contributed by atoms with van der Waals surface area (Å²) in [4.78, 5) is 12.8. The number of benzene rings is 3. The fourth-order valence-corrected chi connectivity index (χ4v) is 4.47. The van der Waals surface area contributed by atoms with Crippen LogP contribution in [0.1, 0.15) is 6.92 Å². The summed E-state index contributed by atoms with van der Waals surface area (Å²) >= 11 is 0. The van der Waals surface area contributed by atoms with Crippen LogP contribution in [-0.2, 0) is 14.8 Å². The van der Waals surface area contributed by atoms with Gasteiger partial charge in [0.15, 0.2) is 0 Å². The molecule has 0 spiro atoms. The summed E-state index contributed by atoms with van der Waals surface area (Å²) in [5.41, 5.74) is 0.589. The Balaban J connectivity index is 1.98. The molecular formula is C23H23FN2O5S. The van der Waals surface area contributed by atoms with Crippen LogP contribution in [-0.4, -0.2) is 34.6 Å². The maximum atomic E-state index is 13.4. The number of para-hydroxylation sites is 4. The van der Waals surface area contributed by atoms with Crippen LogP contribution >= 0.6 is 0 Å². The van der Waals surface area contributed by atoms with Crippen LogP contribution in [0.3, 0.4) is 0 Å². The first-order chi connectivity index (χ1) is 15.4. The van der Waals surface area contributed by atoms with E-state index in [1.807, 2.05) is 6.92 Å². The number of hydrogen-bond donors (Lipinski definition) is 1. The van der Waals surface area contributed by atoms with Crippen LogP contribution in [0.5, 0.6) is 11.5 Å². The highest BCUT2D eigenvalue weighted by molar-refractivity contribution is 7.92. The number of anilines is 2. The molecule has 0 fully saturated rings. The zero-order chi connectivity index (χ0) is 23.1. The van der Waals surface area contributed by atoms with E-state index in [4.69, 9.17) is 9.47 Å². The minimum atomic E-state index is -4.22. The molecule has 0 saturated carbocycles. The van der Waals surface area contributed by atoms with Gasteiger partial charge in [-0.2, -0.15) is 0 Å². The van der Waals surface area contributed by atoms with E-state index >= 15 is 0 Å². The zero-order valence-corrected chi connectivity index (χ0v) is 18.4. The van der Waals surface area contributed by atoms with Crippen LogP contribution < -0.4 is 19.1 Å². The molecule has 0 aliphatic rings. The Morgan fingerprint density at radius 2 is 1.59 bits per heavy atom. The first kappa shape index (κ1) is 23.1. The van der Waals surface area contributed by atoms with E-state index in [2.05, 4.69) is 5.32 Å². The molecule has 0 bridgehead atoms. The highest BCUT2D eigenvalue weighted by Gasteiger charge is 2.29. The molecule has 0 aliphatic heterocycles. The second kappa shape index (κ2) is 10.1. The van der Waals surface area contributed by atoms with Gasteiger partial charge in [-0.25, -0.2) is 12.8 Å². The predicted octanol–water partition coefficient (Wildman–Crippen LogP) is 4.07. The van der Waals surface area contributed by atoms with Crippen LogP contribution in [0.2, 0.25) is 0 Å². The lowest BCUT2D eigenvalue weighted by Crippen LogP contribution is -2.38. The summed E-state index contributed by atoms with van der Waals surface area (Å²) < 4.78 is 51.9. The summed E-state index contributed by atoms with van der Waals surface area (Å²) in [6.07, 6.45) is 0. The lowest BCUT2D eigenvalue weighted by atomic mass is 10.2. The standard InChI is InChI=1S/C23H23FN2O5S/c1-3-31-21-10-6-4-8-19(21)25-23(27)16-26(20-9-5-7-11-22(20)30-2)32(28,29)18-14-12-17(24)13-15-18/h4-15H,3,16H2,1-2H3,(H,25,27). The SMILES string of the molecule is CCOc1ccccc1NC(=O)CN(c1ccccc1OC)S(=O)(=O)c1ccc(F)cc1. The van der Waals surface area contributed by atoms with Gasteiger partial charge in [0, 0.05) is 0 Å². The number of carbonyl (C=O) groups is 1. The highest BCUT2D eigenvalue weighted by atomic mass is 32.2. The number of sulfonamides is 1. The third kappa shape index (κ3) is 5.17. The molecule has 32 heavy (non-hydrogen) atoms. The summed E-state index contributed by atoms with van der Waals surface area (Å²) in [6.45, 7) is 1.68. The van der Waals surface area contributed by atoms with Crippen molar-refractivity contribution in [3.8, 4) is 11.5 Å². The molecule has 0 radical (unpaired) electrons. The summed E-state index contributed by atoms with van der Waals surface area (Å²) in [7, 11) is -2.81. The number of ether oxygens (including phenoxy) is 2. The van der Waals surface area contributed by atoms with E-state index in [0.29, 0.717) is 18.0 Å². The van der Waals surface area contributed by atoms with E-state index in [9.17, 15) is 17.6 Å². The lowest BCUT2D eigenvalue weighted by molar-refractivity contribution is -0.114. The minimum absolute atomic E-state index is 0.160. The molecule has 1 amide bonds. The monoisotopic (exact) mass is 458 g/mol. The molecule has 3 rings (SSSR count). The topological polar surface area (TPSA) is 84.9 Å². The normalized spacial score (nSPS) is 11.0. The average Bonchev–Trinajstić information content (AvgIpc) is 2.79. The minimum Gasteiger partial charge on any atom is -0.495 e. The van der Waals surface area contributed by atoms with Crippen molar-refractivity contribution >= 4 is 27.3 Å². The van der Waals surface area contributed by atoms with Crippen molar-refractivity contribution in [1.29, 1.82) is 0 Å². The number of halogens is 1. The third-order valence-corrected chi connectivity index (χ3v) is 6.28. The number of rotatable bonds is 9. The van der Waals surface area contributed by atoms with E-state index in [1.54, 1.807) is 42.5 Å². The second-order valence-corrected chi connectivity index (χ2v) is 8.48. The first-order valence-corrected chi connectivity index (χ1v) is 11.2. The maximum Gasteiger partial charge on any atom is 0.264 e. The van der Waals surface area contributed by atoms with Gasteiger partial charge in [0.1, 0.15) is 23.9 Å². The molecule has 168 valence electrons. The zero-order valence-electron chi connectivity index (χ0n) is 17.6. The number of carbonyl (C=O) groups excluding carboxylic acids is 1. The van der Waals surface area contributed by atoms with Crippen LogP contribution in [0.15, 0.2) is 77.7 Å². The van der Waals surface area contributed by atoms with Crippen molar-refractivity contribution in [2.45, 2.75) is 11.8 Å². The number of hydrogen-bond acceptors (Lipinski definition) is 5. The molecular weight excluding hydrogens is 435 g/mol.